The van der Waals surface area contributed by atoms with E-state index in [0.29, 0.717) is 27.1 Å². The third kappa shape index (κ3) is 4.01. The van der Waals surface area contributed by atoms with Crippen molar-refractivity contribution in [3.05, 3.63) is 82.0 Å². The van der Waals surface area contributed by atoms with Crippen molar-refractivity contribution in [3.8, 4) is 17.0 Å². The predicted octanol–water partition coefficient (Wildman–Crippen LogP) is 5.31. The number of benzene rings is 3. The first-order valence-electron chi connectivity index (χ1n) is 8.97. The summed E-state index contributed by atoms with van der Waals surface area (Å²) in [6.07, 6.45) is 1.45. The lowest BCUT2D eigenvalue weighted by atomic mass is 10.0. The number of H-pyrrole nitrogens is 1. The maximum atomic E-state index is 12.5. The molecule has 150 valence electrons. The van der Waals surface area contributed by atoms with E-state index in [9.17, 15) is 4.79 Å². The molecule has 0 aliphatic carbocycles. The molecule has 0 bridgehead atoms. The van der Waals surface area contributed by atoms with E-state index in [-0.39, 0.29) is 5.69 Å². The van der Waals surface area contributed by atoms with Gasteiger partial charge in [-0.2, -0.15) is 10.2 Å². The lowest BCUT2D eigenvalue weighted by molar-refractivity contribution is 0.0950. The number of fused-ring (bicyclic) bond motifs is 1. The summed E-state index contributed by atoms with van der Waals surface area (Å²) in [7, 11) is 1.60. The van der Waals surface area contributed by atoms with Crippen molar-refractivity contribution in [2.45, 2.75) is 0 Å². The Balaban J connectivity index is 1.58. The van der Waals surface area contributed by atoms with Crippen LogP contribution in [0.3, 0.4) is 0 Å². The van der Waals surface area contributed by atoms with Crippen LogP contribution in [-0.2, 0) is 0 Å². The number of hydrogen-bond donors (Lipinski definition) is 2. The molecule has 30 heavy (non-hydrogen) atoms. The summed E-state index contributed by atoms with van der Waals surface area (Å²) in [5, 5.41) is 14.0. The zero-order chi connectivity index (χ0) is 21.1. The fourth-order valence-electron chi connectivity index (χ4n) is 3.08. The van der Waals surface area contributed by atoms with Gasteiger partial charge in [0.2, 0.25) is 0 Å². The number of ether oxygens (including phenoxy) is 1. The minimum Gasteiger partial charge on any atom is -0.496 e. The van der Waals surface area contributed by atoms with Crippen molar-refractivity contribution in [2.75, 3.05) is 7.11 Å². The summed E-state index contributed by atoms with van der Waals surface area (Å²) in [6, 6.07) is 18.4. The SMILES string of the molecule is COc1ccc2ccccc2c1-c1cc(C(=O)N/N=C/c2ccc(Cl)cc2Cl)[nH]n1. The molecule has 0 saturated heterocycles. The Morgan fingerprint density at radius 2 is 1.97 bits per heavy atom. The lowest BCUT2D eigenvalue weighted by Crippen LogP contribution is -2.18. The van der Waals surface area contributed by atoms with Crippen LogP contribution >= 0.6 is 23.2 Å². The number of halogens is 2. The number of aromatic nitrogens is 2. The van der Waals surface area contributed by atoms with Gasteiger partial charge in [-0.3, -0.25) is 9.89 Å². The van der Waals surface area contributed by atoms with Gasteiger partial charge in [0.15, 0.2) is 0 Å². The Bertz CT molecular complexity index is 1270. The largest absolute Gasteiger partial charge is 0.496 e. The van der Waals surface area contributed by atoms with Crippen LogP contribution < -0.4 is 10.2 Å². The van der Waals surface area contributed by atoms with E-state index in [0.717, 1.165) is 16.3 Å². The predicted molar refractivity (Wildman–Crippen MR) is 120 cm³/mol. The second-order valence-corrected chi connectivity index (χ2v) is 7.24. The van der Waals surface area contributed by atoms with Crippen LogP contribution in [-0.4, -0.2) is 29.4 Å². The highest BCUT2D eigenvalue weighted by Crippen LogP contribution is 2.36. The second-order valence-electron chi connectivity index (χ2n) is 6.40. The average Bonchev–Trinajstić information content (AvgIpc) is 3.24. The van der Waals surface area contributed by atoms with E-state index < -0.39 is 5.91 Å². The van der Waals surface area contributed by atoms with E-state index in [1.165, 1.54) is 6.21 Å². The number of carbonyl (C=O) groups excluding carboxylic acids is 1. The molecule has 1 amide bonds. The molecule has 4 rings (SSSR count). The van der Waals surface area contributed by atoms with E-state index in [1.54, 1.807) is 31.4 Å². The molecular formula is C22H16Cl2N4O2. The molecule has 4 aromatic rings. The van der Waals surface area contributed by atoms with E-state index >= 15 is 0 Å². The summed E-state index contributed by atoms with van der Waals surface area (Å²) >= 11 is 12.0. The van der Waals surface area contributed by atoms with E-state index in [4.69, 9.17) is 27.9 Å². The Morgan fingerprint density at radius 3 is 2.77 bits per heavy atom. The Morgan fingerprint density at radius 1 is 1.13 bits per heavy atom. The Kier molecular flexibility index (Phi) is 5.70. The molecule has 0 aliphatic heterocycles. The lowest BCUT2D eigenvalue weighted by Gasteiger charge is -2.09. The van der Waals surface area contributed by atoms with Gasteiger partial charge in [-0.15, -0.1) is 0 Å². The number of nitrogens with zero attached hydrogens (tertiary/aromatic N) is 2. The number of rotatable bonds is 5. The molecule has 8 heteroatoms. The maximum absolute atomic E-state index is 12.5. The molecule has 0 fully saturated rings. The number of nitrogens with one attached hydrogen (secondary N) is 2. The molecular weight excluding hydrogens is 423 g/mol. The molecule has 1 aromatic heterocycles. The zero-order valence-electron chi connectivity index (χ0n) is 15.8. The minimum absolute atomic E-state index is 0.263. The van der Waals surface area contributed by atoms with Crippen molar-refractivity contribution in [3.63, 3.8) is 0 Å². The highest BCUT2D eigenvalue weighted by Gasteiger charge is 2.16. The van der Waals surface area contributed by atoms with Crippen LogP contribution in [0.15, 0.2) is 65.8 Å². The summed E-state index contributed by atoms with van der Waals surface area (Å²) < 4.78 is 5.51. The first-order valence-corrected chi connectivity index (χ1v) is 9.72. The number of amides is 1. The van der Waals surface area contributed by atoms with E-state index in [1.807, 2.05) is 36.4 Å². The molecule has 3 aromatic carbocycles. The van der Waals surface area contributed by atoms with Crippen LogP contribution in [0.25, 0.3) is 22.0 Å². The van der Waals surface area contributed by atoms with Gasteiger partial charge in [-0.25, -0.2) is 5.43 Å². The summed E-state index contributed by atoms with van der Waals surface area (Å²) in [6.45, 7) is 0. The van der Waals surface area contributed by atoms with Crippen LogP contribution in [0.5, 0.6) is 5.75 Å². The number of hydrazone groups is 1. The van der Waals surface area contributed by atoms with Gasteiger partial charge in [0, 0.05) is 10.6 Å². The van der Waals surface area contributed by atoms with Gasteiger partial charge in [-0.05, 0) is 35.0 Å². The number of hydrogen-bond acceptors (Lipinski definition) is 4. The van der Waals surface area contributed by atoms with Gasteiger partial charge >= 0.3 is 0 Å². The fraction of sp³-hybridized carbons (Fsp3) is 0.0455. The maximum Gasteiger partial charge on any atom is 0.289 e. The van der Waals surface area contributed by atoms with Crippen molar-refractivity contribution in [2.24, 2.45) is 5.10 Å². The first kappa shape index (κ1) is 19.9. The van der Waals surface area contributed by atoms with Crippen molar-refractivity contribution in [1.82, 2.24) is 15.6 Å². The van der Waals surface area contributed by atoms with Gasteiger partial charge in [0.05, 0.1) is 29.6 Å². The zero-order valence-corrected chi connectivity index (χ0v) is 17.3. The molecule has 6 nitrogen and oxygen atoms in total. The van der Waals surface area contributed by atoms with Crippen LogP contribution in [0.4, 0.5) is 0 Å². The molecule has 2 N–H and O–H groups in total. The normalized spacial score (nSPS) is 11.2. The molecule has 0 saturated carbocycles. The van der Waals surface area contributed by atoms with Crippen LogP contribution in [0.1, 0.15) is 16.1 Å². The van der Waals surface area contributed by atoms with Crippen molar-refractivity contribution < 1.29 is 9.53 Å². The quantitative estimate of drug-likeness (QED) is 0.327. The Labute approximate surface area is 182 Å². The monoisotopic (exact) mass is 438 g/mol. The molecule has 0 spiro atoms. The minimum atomic E-state index is -0.436. The highest BCUT2D eigenvalue weighted by molar-refractivity contribution is 6.36. The van der Waals surface area contributed by atoms with Gasteiger partial charge < -0.3 is 4.74 Å². The smallest absolute Gasteiger partial charge is 0.289 e. The molecule has 0 aliphatic rings. The number of methoxy groups -OCH3 is 1. The van der Waals surface area contributed by atoms with Crippen LogP contribution in [0.2, 0.25) is 10.0 Å². The summed E-state index contributed by atoms with van der Waals surface area (Å²) in [4.78, 5) is 12.5. The van der Waals surface area contributed by atoms with Crippen LogP contribution in [0, 0.1) is 0 Å². The molecule has 0 atom stereocenters. The average molecular weight is 439 g/mol. The second kappa shape index (κ2) is 8.57. The van der Waals surface area contributed by atoms with Gasteiger partial charge in [0.25, 0.3) is 5.91 Å². The number of carbonyl (C=O) groups is 1. The standard InChI is InChI=1S/C22H16Cl2N4O2/c1-30-20-9-7-13-4-2-3-5-16(13)21(20)18-11-19(27-26-18)22(29)28-25-12-14-6-8-15(23)10-17(14)24/h2-12H,1H3,(H,26,27)(H,28,29)/b25-12+. The highest BCUT2D eigenvalue weighted by atomic mass is 35.5. The summed E-state index contributed by atoms with van der Waals surface area (Å²) in [5.74, 6) is 0.233. The van der Waals surface area contributed by atoms with Crippen molar-refractivity contribution >= 4 is 46.1 Å². The van der Waals surface area contributed by atoms with Crippen molar-refractivity contribution in [1.29, 1.82) is 0 Å². The molecule has 1 heterocycles. The van der Waals surface area contributed by atoms with E-state index in [2.05, 4.69) is 20.7 Å². The molecule has 0 unspecified atom stereocenters. The summed E-state index contributed by atoms with van der Waals surface area (Å²) in [5.41, 5.74) is 4.75. The fourth-order valence-corrected chi connectivity index (χ4v) is 3.54. The third-order valence-electron chi connectivity index (χ3n) is 4.52. The molecule has 0 radical (unpaired) electrons. The van der Waals surface area contributed by atoms with Gasteiger partial charge in [-0.1, -0.05) is 59.6 Å². The Hall–Kier alpha value is -3.35. The topological polar surface area (TPSA) is 79.4 Å². The van der Waals surface area contributed by atoms with Gasteiger partial charge in [0.1, 0.15) is 11.4 Å². The number of aromatic amines is 1. The first-order chi connectivity index (χ1) is 14.6. The third-order valence-corrected chi connectivity index (χ3v) is 5.08.